The molecular formula is C15H24ClN3O3S2. The van der Waals surface area contributed by atoms with Crippen LogP contribution in [0.5, 0.6) is 0 Å². The van der Waals surface area contributed by atoms with E-state index in [0.717, 1.165) is 30.6 Å². The maximum Gasteiger partial charge on any atom is 0.264 e. The van der Waals surface area contributed by atoms with E-state index in [-0.39, 0.29) is 28.6 Å². The highest BCUT2D eigenvalue weighted by Gasteiger charge is 2.31. The molecule has 0 aliphatic carbocycles. The van der Waals surface area contributed by atoms with Crippen molar-refractivity contribution >= 4 is 39.7 Å². The van der Waals surface area contributed by atoms with Crippen LogP contribution < -0.4 is 5.73 Å². The van der Waals surface area contributed by atoms with Crippen LogP contribution in [0.3, 0.4) is 0 Å². The lowest BCUT2D eigenvalue weighted by molar-refractivity contribution is 0.0795. The van der Waals surface area contributed by atoms with E-state index >= 15 is 0 Å². The van der Waals surface area contributed by atoms with Crippen molar-refractivity contribution < 1.29 is 13.2 Å². The summed E-state index contributed by atoms with van der Waals surface area (Å²) in [6.07, 6.45) is 2.58. The van der Waals surface area contributed by atoms with Gasteiger partial charge in [0.15, 0.2) is 0 Å². The molecule has 0 radical (unpaired) electrons. The van der Waals surface area contributed by atoms with Gasteiger partial charge in [-0.3, -0.25) is 4.79 Å². The maximum absolute atomic E-state index is 12.7. The van der Waals surface area contributed by atoms with Gasteiger partial charge in [-0.25, -0.2) is 8.42 Å². The number of thiophene rings is 1. The topological polar surface area (TPSA) is 83.7 Å². The molecule has 3 heterocycles. The Morgan fingerprint density at radius 2 is 1.88 bits per heavy atom. The van der Waals surface area contributed by atoms with Gasteiger partial charge in [0.05, 0.1) is 4.88 Å². The molecule has 0 saturated carbocycles. The number of likely N-dealkylation sites (tertiary alicyclic amines) is 1. The van der Waals surface area contributed by atoms with E-state index in [0.29, 0.717) is 37.0 Å². The van der Waals surface area contributed by atoms with Gasteiger partial charge in [-0.15, -0.1) is 23.7 Å². The van der Waals surface area contributed by atoms with Gasteiger partial charge < -0.3 is 10.6 Å². The molecule has 9 heteroatoms. The number of rotatable bonds is 3. The quantitative estimate of drug-likeness (QED) is 0.848. The summed E-state index contributed by atoms with van der Waals surface area (Å²) < 4.78 is 27.2. The summed E-state index contributed by atoms with van der Waals surface area (Å²) in [5.41, 5.74) is 5.83. The van der Waals surface area contributed by atoms with E-state index in [1.165, 1.54) is 0 Å². The maximum atomic E-state index is 12.7. The second-order valence-corrected chi connectivity index (χ2v) is 9.75. The van der Waals surface area contributed by atoms with Crippen LogP contribution in [0, 0.1) is 5.92 Å². The van der Waals surface area contributed by atoms with Crippen molar-refractivity contribution in [1.29, 1.82) is 0 Å². The molecule has 0 aromatic carbocycles. The second-order valence-electron chi connectivity index (χ2n) is 6.51. The minimum absolute atomic E-state index is 0. The number of hydrogen-bond donors (Lipinski definition) is 1. The van der Waals surface area contributed by atoms with Gasteiger partial charge in [-0.2, -0.15) is 4.31 Å². The Balaban J connectivity index is 0.00000208. The summed E-state index contributed by atoms with van der Waals surface area (Å²) in [7, 11) is -3.48. The number of carbonyl (C=O) groups excluding carboxylic acids is 1. The van der Waals surface area contributed by atoms with E-state index in [1.54, 1.807) is 21.3 Å². The van der Waals surface area contributed by atoms with Gasteiger partial charge in [-0.1, -0.05) is 6.92 Å². The van der Waals surface area contributed by atoms with Crippen LogP contribution >= 0.6 is 23.7 Å². The molecule has 2 aliphatic heterocycles. The van der Waals surface area contributed by atoms with Crippen molar-refractivity contribution in [3.8, 4) is 0 Å². The standard InChI is InChI=1S/C15H23N3O3S2.ClH/c1-11-4-8-18(9-5-11)23(20,21)14-3-2-13(22-14)15(19)17-7-6-12(16)10-17;/h2-3,11-12H,4-10,16H2,1H3;1H/t12-;/m1./s1. The lowest BCUT2D eigenvalue weighted by Gasteiger charge is -2.28. The highest BCUT2D eigenvalue weighted by Crippen LogP contribution is 2.29. The summed E-state index contributed by atoms with van der Waals surface area (Å²) in [5.74, 6) is 0.456. The van der Waals surface area contributed by atoms with Crippen LogP contribution in [0.25, 0.3) is 0 Å². The van der Waals surface area contributed by atoms with Crippen LogP contribution in [0.1, 0.15) is 35.9 Å². The van der Waals surface area contributed by atoms with Crippen molar-refractivity contribution in [2.45, 2.75) is 36.4 Å². The van der Waals surface area contributed by atoms with Crippen molar-refractivity contribution in [3.05, 3.63) is 17.0 Å². The first-order valence-corrected chi connectivity index (χ1v) is 10.3. The molecule has 2 fully saturated rings. The molecule has 1 aromatic rings. The Hall–Kier alpha value is -0.670. The summed E-state index contributed by atoms with van der Waals surface area (Å²) in [6.45, 7) is 4.46. The van der Waals surface area contributed by atoms with Crippen molar-refractivity contribution in [1.82, 2.24) is 9.21 Å². The van der Waals surface area contributed by atoms with Gasteiger partial charge in [0.2, 0.25) is 0 Å². The number of nitrogens with zero attached hydrogens (tertiary/aromatic N) is 2. The zero-order valence-corrected chi connectivity index (χ0v) is 16.1. The molecule has 0 spiro atoms. The molecule has 1 atom stereocenters. The number of sulfonamides is 1. The van der Waals surface area contributed by atoms with Crippen LogP contribution in [0.2, 0.25) is 0 Å². The van der Waals surface area contributed by atoms with Crippen molar-refractivity contribution in [2.24, 2.45) is 11.7 Å². The summed E-state index contributed by atoms with van der Waals surface area (Å²) in [6, 6.07) is 3.20. The number of carbonyl (C=O) groups is 1. The number of piperidine rings is 1. The average molecular weight is 394 g/mol. The highest BCUT2D eigenvalue weighted by molar-refractivity contribution is 7.91. The predicted octanol–water partition coefficient (Wildman–Crippen LogP) is 1.76. The molecule has 2 saturated heterocycles. The lowest BCUT2D eigenvalue weighted by Crippen LogP contribution is -2.37. The van der Waals surface area contributed by atoms with Crippen LogP contribution in [0.4, 0.5) is 0 Å². The van der Waals surface area contributed by atoms with Gasteiger partial charge >= 0.3 is 0 Å². The molecule has 0 unspecified atom stereocenters. The average Bonchev–Trinajstić information content (AvgIpc) is 3.16. The normalized spacial score (nSPS) is 23.2. The molecule has 2 aliphatic rings. The molecule has 1 aromatic heterocycles. The van der Waals surface area contributed by atoms with Gasteiger partial charge in [-0.05, 0) is 37.3 Å². The third-order valence-corrected chi connectivity index (χ3v) is 8.08. The predicted molar refractivity (Wildman–Crippen MR) is 97.2 cm³/mol. The minimum atomic E-state index is -3.48. The summed E-state index contributed by atoms with van der Waals surface area (Å²) in [5, 5.41) is 0. The third kappa shape index (κ3) is 3.94. The first-order valence-electron chi connectivity index (χ1n) is 8.03. The van der Waals surface area contributed by atoms with Gasteiger partial charge in [0, 0.05) is 32.2 Å². The third-order valence-electron chi connectivity index (χ3n) is 4.64. The Morgan fingerprint density at radius 1 is 1.21 bits per heavy atom. The molecule has 6 nitrogen and oxygen atoms in total. The zero-order valence-electron chi connectivity index (χ0n) is 13.7. The molecule has 1 amide bonds. The first kappa shape index (κ1) is 19.7. The van der Waals surface area contributed by atoms with Crippen molar-refractivity contribution in [2.75, 3.05) is 26.2 Å². The fourth-order valence-electron chi connectivity index (χ4n) is 3.05. The monoisotopic (exact) mass is 393 g/mol. The fraction of sp³-hybridized carbons (Fsp3) is 0.667. The molecule has 2 N–H and O–H groups in total. The van der Waals surface area contributed by atoms with E-state index in [1.807, 2.05) is 0 Å². The van der Waals surface area contributed by atoms with E-state index < -0.39 is 10.0 Å². The molecule has 136 valence electrons. The Kier molecular flexibility index (Phi) is 6.30. The number of nitrogens with two attached hydrogens (primary N) is 1. The van der Waals surface area contributed by atoms with E-state index in [4.69, 9.17) is 5.73 Å². The molecular weight excluding hydrogens is 370 g/mol. The fourth-order valence-corrected chi connectivity index (χ4v) is 5.95. The smallest absolute Gasteiger partial charge is 0.264 e. The lowest BCUT2D eigenvalue weighted by atomic mass is 10.0. The molecule has 0 bridgehead atoms. The number of hydrogen-bond acceptors (Lipinski definition) is 5. The summed E-state index contributed by atoms with van der Waals surface area (Å²) >= 11 is 1.07. The Morgan fingerprint density at radius 3 is 2.46 bits per heavy atom. The van der Waals surface area contributed by atoms with Crippen LogP contribution in [-0.2, 0) is 10.0 Å². The van der Waals surface area contributed by atoms with Gasteiger partial charge in [0.1, 0.15) is 4.21 Å². The molecule has 3 rings (SSSR count). The van der Waals surface area contributed by atoms with Crippen LogP contribution in [-0.4, -0.2) is 55.8 Å². The summed E-state index contributed by atoms with van der Waals surface area (Å²) in [4.78, 5) is 14.6. The van der Waals surface area contributed by atoms with Gasteiger partial charge in [0.25, 0.3) is 15.9 Å². The van der Waals surface area contributed by atoms with E-state index in [9.17, 15) is 13.2 Å². The number of halogens is 1. The van der Waals surface area contributed by atoms with Crippen molar-refractivity contribution in [3.63, 3.8) is 0 Å². The zero-order chi connectivity index (χ0) is 16.6. The second kappa shape index (κ2) is 7.70. The molecule has 24 heavy (non-hydrogen) atoms. The van der Waals surface area contributed by atoms with Crippen LogP contribution in [0.15, 0.2) is 16.3 Å². The Labute approximate surface area is 153 Å². The SMILES string of the molecule is CC1CCN(S(=O)(=O)c2ccc(C(=O)N3CC[C@@H](N)C3)s2)CC1.Cl. The largest absolute Gasteiger partial charge is 0.336 e. The van der Waals surface area contributed by atoms with E-state index in [2.05, 4.69) is 6.92 Å². The minimum Gasteiger partial charge on any atom is -0.336 e. The Bertz CT molecular complexity index is 684. The highest BCUT2D eigenvalue weighted by atomic mass is 35.5. The first-order chi connectivity index (χ1) is 10.9. The number of amides is 1.